The Kier molecular flexibility index (Phi) is 6.26. The third-order valence-electron chi connectivity index (χ3n) is 7.75. The maximum absolute atomic E-state index is 14.1. The highest BCUT2D eigenvalue weighted by Crippen LogP contribution is 2.51. The van der Waals surface area contributed by atoms with Crippen LogP contribution in [0.5, 0.6) is 11.5 Å². The lowest BCUT2D eigenvalue weighted by Gasteiger charge is -2.40. The molecule has 1 aromatic heterocycles. The van der Waals surface area contributed by atoms with Gasteiger partial charge in [-0.1, -0.05) is 54.9 Å². The number of anilines is 1. The Morgan fingerprint density at radius 1 is 1.00 bits per heavy atom. The largest absolute Gasteiger partial charge is 0.490 e. The molecular weight excluding hydrogens is 514 g/mol. The number of H-pyrrole nitrogens is 1. The van der Waals surface area contributed by atoms with Crippen LogP contribution in [-0.2, 0) is 10.3 Å². The zero-order chi connectivity index (χ0) is 27.3. The first-order valence-electron chi connectivity index (χ1n) is 13.3. The average molecular weight is 544 g/mol. The standard InChI is InChI=1S/C31H30ClN3O4/c1-4-16-39-25-15-14-19(17-26(25)38-5-2)21-18-34-30(37)35(24-13-9-7-11-22(24)32)29(36)31(34,3)28-27(21)20-10-6-8-12-23(20)33-28/h6-15,17,21,33H,4-5,16,18H2,1-3H3/t21-,31-/m0/s1. The molecule has 3 aromatic carbocycles. The molecule has 1 fully saturated rings. The highest BCUT2D eigenvalue weighted by Gasteiger charge is 2.61. The zero-order valence-electron chi connectivity index (χ0n) is 22.2. The molecule has 0 bridgehead atoms. The number of halogens is 1. The number of carbonyl (C=O) groups is 2. The van der Waals surface area contributed by atoms with Crippen molar-refractivity contribution in [3.8, 4) is 11.5 Å². The van der Waals surface area contributed by atoms with Crippen molar-refractivity contribution in [2.75, 3.05) is 24.7 Å². The van der Waals surface area contributed by atoms with Crippen LogP contribution in [0.15, 0.2) is 66.7 Å². The van der Waals surface area contributed by atoms with E-state index in [-0.39, 0.29) is 11.8 Å². The second-order valence-corrected chi connectivity index (χ2v) is 10.5. The quantitative estimate of drug-likeness (QED) is 0.259. The van der Waals surface area contributed by atoms with E-state index in [0.717, 1.165) is 34.1 Å². The molecule has 39 heavy (non-hydrogen) atoms. The molecule has 8 heteroatoms. The van der Waals surface area contributed by atoms with Gasteiger partial charge in [0.05, 0.1) is 29.6 Å². The Morgan fingerprint density at radius 2 is 1.77 bits per heavy atom. The molecule has 0 unspecified atom stereocenters. The first-order valence-corrected chi connectivity index (χ1v) is 13.7. The number of urea groups is 1. The number of amides is 3. The van der Waals surface area contributed by atoms with Crippen LogP contribution >= 0.6 is 11.6 Å². The van der Waals surface area contributed by atoms with Crippen molar-refractivity contribution in [2.24, 2.45) is 0 Å². The molecular formula is C31H30ClN3O4. The van der Waals surface area contributed by atoms with E-state index in [1.807, 2.05) is 50.2 Å². The lowest BCUT2D eigenvalue weighted by atomic mass is 9.78. The maximum atomic E-state index is 14.1. The Balaban J connectivity index is 1.53. The number of aromatic amines is 1. The smallest absolute Gasteiger partial charge is 0.332 e. The van der Waals surface area contributed by atoms with Gasteiger partial charge in [0.25, 0.3) is 5.91 Å². The summed E-state index contributed by atoms with van der Waals surface area (Å²) in [5.74, 6) is 0.830. The van der Waals surface area contributed by atoms with Gasteiger partial charge < -0.3 is 19.4 Å². The van der Waals surface area contributed by atoms with Crippen LogP contribution in [-0.4, -0.2) is 41.6 Å². The van der Waals surface area contributed by atoms with Gasteiger partial charge in [-0.2, -0.15) is 0 Å². The van der Waals surface area contributed by atoms with E-state index in [1.165, 1.54) is 4.90 Å². The monoisotopic (exact) mass is 543 g/mol. The number of hydrogen-bond acceptors (Lipinski definition) is 4. The van der Waals surface area contributed by atoms with Crippen LogP contribution in [0.3, 0.4) is 0 Å². The molecule has 1 N–H and O–H groups in total. The van der Waals surface area contributed by atoms with Crippen molar-refractivity contribution in [1.82, 2.24) is 9.88 Å². The fourth-order valence-electron chi connectivity index (χ4n) is 5.88. The van der Waals surface area contributed by atoms with Gasteiger partial charge in [-0.05, 0) is 61.7 Å². The van der Waals surface area contributed by atoms with Crippen molar-refractivity contribution in [3.05, 3.63) is 88.6 Å². The fourth-order valence-corrected chi connectivity index (χ4v) is 6.10. The summed E-state index contributed by atoms with van der Waals surface area (Å²) in [7, 11) is 0. The molecule has 2 atom stereocenters. The lowest BCUT2D eigenvalue weighted by Crippen LogP contribution is -2.50. The summed E-state index contributed by atoms with van der Waals surface area (Å²) in [6.45, 7) is 7.23. The first kappa shape index (κ1) is 25.3. The number of nitrogens with zero attached hydrogens (tertiary/aromatic N) is 2. The maximum Gasteiger partial charge on any atom is 0.332 e. The summed E-state index contributed by atoms with van der Waals surface area (Å²) < 4.78 is 11.9. The molecule has 7 nitrogen and oxygen atoms in total. The summed E-state index contributed by atoms with van der Waals surface area (Å²) in [6, 6.07) is 20.5. The van der Waals surface area contributed by atoms with Crippen LogP contribution in [0.25, 0.3) is 10.9 Å². The van der Waals surface area contributed by atoms with E-state index in [9.17, 15) is 9.59 Å². The number of hydrogen-bond donors (Lipinski definition) is 1. The number of rotatable bonds is 7. The second-order valence-electron chi connectivity index (χ2n) is 10.1. The van der Waals surface area contributed by atoms with E-state index in [0.29, 0.717) is 42.0 Å². The minimum atomic E-state index is -1.21. The van der Waals surface area contributed by atoms with Crippen molar-refractivity contribution in [2.45, 2.75) is 38.6 Å². The number of fused-ring (bicyclic) bond motifs is 5. The number of para-hydroxylation sites is 2. The number of carbonyl (C=O) groups excluding carboxylic acids is 2. The van der Waals surface area contributed by atoms with Crippen molar-refractivity contribution in [3.63, 3.8) is 0 Å². The SMILES string of the molecule is CCCOc1ccc([C@@H]2CN3C(=O)N(c4ccccc4Cl)C(=O)[C@]3(C)c3[nH]c4ccccc4c32)cc1OCC. The van der Waals surface area contributed by atoms with E-state index >= 15 is 0 Å². The van der Waals surface area contributed by atoms with Crippen LogP contribution in [0.4, 0.5) is 10.5 Å². The van der Waals surface area contributed by atoms with Crippen molar-refractivity contribution < 1.29 is 19.1 Å². The summed E-state index contributed by atoms with van der Waals surface area (Å²) >= 11 is 6.47. The number of benzene rings is 3. The number of aromatic nitrogens is 1. The van der Waals surface area contributed by atoms with E-state index < -0.39 is 11.6 Å². The van der Waals surface area contributed by atoms with Gasteiger partial charge in [-0.3, -0.25) is 4.79 Å². The van der Waals surface area contributed by atoms with Crippen LogP contribution in [0.2, 0.25) is 5.02 Å². The minimum absolute atomic E-state index is 0.202. The highest BCUT2D eigenvalue weighted by molar-refractivity contribution is 6.36. The van der Waals surface area contributed by atoms with E-state index in [1.54, 1.807) is 29.2 Å². The van der Waals surface area contributed by atoms with Crippen molar-refractivity contribution in [1.29, 1.82) is 0 Å². The predicted octanol–water partition coefficient (Wildman–Crippen LogP) is 6.84. The third kappa shape index (κ3) is 3.79. The van der Waals surface area contributed by atoms with Gasteiger partial charge in [0.15, 0.2) is 17.0 Å². The van der Waals surface area contributed by atoms with Gasteiger partial charge in [0, 0.05) is 23.4 Å². The first-order chi connectivity index (χ1) is 18.9. The second kappa shape index (κ2) is 9.65. The number of ether oxygens (including phenoxy) is 2. The molecule has 6 rings (SSSR count). The molecule has 3 amide bonds. The highest BCUT2D eigenvalue weighted by atomic mass is 35.5. The minimum Gasteiger partial charge on any atom is -0.490 e. The molecule has 0 aliphatic carbocycles. The predicted molar refractivity (Wildman–Crippen MR) is 152 cm³/mol. The molecule has 4 aromatic rings. The molecule has 0 saturated carbocycles. The van der Waals surface area contributed by atoms with Gasteiger partial charge >= 0.3 is 6.03 Å². The summed E-state index contributed by atoms with van der Waals surface area (Å²) in [4.78, 5) is 34.5. The molecule has 1 saturated heterocycles. The summed E-state index contributed by atoms with van der Waals surface area (Å²) in [5.41, 5.74) is 2.80. The van der Waals surface area contributed by atoms with Crippen LogP contribution < -0.4 is 14.4 Å². The van der Waals surface area contributed by atoms with Crippen LogP contribution in [0, 0.1) is 0 Å². The topological polar surface area (TPSA) is 74.9 Å². The molecule has 3 heterocycles. The summed E-state index contributed by atoms with van der Waals surface area (Å²) in [5, 5.41) is 1.37. The van der Waals surface area contributed by atoms with Gasteiger partial charge in [0.2, 0.25) is 0 Å². The Bertz CT molecular complexity index is 1600. The van der Waals surface area contributed by atoms with Gasteiger partial charge in [-0.15, -0.1) is 0 Å². The zero-order valence-corrected chi connectivity index (χ0v) is 22.9. The van der Waals surface area contributed by atoms with Gasteiger partial charge in [-0.25, -0.2) is 9.69 Å². The van der Waals surface area contributed by atoms with Gasteiger partial charge in [0.1, 0.15) is 0 Å². The third-order valence-corrected chi connectivity index (χ3v) is 8.07. The molecule has 0 radical (unpaired) electrons. The number of imide groups is 1. The Hall–Kier alpha value is -3.97. The summed E-state index contributed by atoms with van der Waals surface area (Å²) in [6.07, 6.45) is 0.889. The van der Waals surface area contributed by atoms with Crippen LogP contribution in [0.1, 0.15) is 49.9 Å². The van der Waals surface area contributed by atoms with Crippen molar-refractivity contribution >= 4 is 40.1 Å². The lowest BCUT2D eigenvalue weighted by molar-refractivity contribution is -0.125. The molecule has 2 aliphatic rings. The molecule has 0 spiro atoms. The normalized spacial score (nSPS) is 20.4. The Labute approximate surface area is 232 Å². The fraction of sp³-hybridized carbons (Fsp3) is 0.290. The Morgan fingerprint density at radius 3 is 2.54 bits per heavy atom. The molecule has 200 valence electrons. The van der Waals surface area contributed by atoms with E-state index in [2.05, 4.69) is 18.0 Å². The average Bonchev–Trinajstić information content (AvgIpc) is 3.42. The number of nitrogens with one attached hydrogen (secondary N) is 1. The van der Waals surface area contributed by atoms with E-state index in [4.69, 9.17) is 21.1 Å². The molecule has 2 aliphatic heterocycles.